The third kappa shape index (κ3) is 4.42. The molecule has 10 heteroatoms. The quantitative estimate of drug-likeness (QED) is 0.512. The van der Waals surface area contributed by atoms with Crippen molar-refractivity contribution in [3.63, 3.8) is 0 Å². The van der Waals surface area contributed by atoms with E-state index < -0.39 is 5.91 Å². The Bertz CT molecular complexity index is 1020. The Labute approximate surface area is 174 Å². The maximum absolute atomic E-state index is 12.5. The summed E-state index contributed by atoms with van der Waals surface area (Å²) >= 11 is 23.8. The summed E-state index contributed by atoms with van der Waals surface area (Å²) in [6, 6.07) is 6.96. The number of anilines is 1. The molecule has 27 heavy (non-hydrogen) atoms. The standard InChI is InChI=1S/C17H10Cl4N4O2/c1-8-7-9(27-17-22-5-2-6-23-17)3-4-10(8)24-16(26)14-12(19)11(18)13(20)15(21)25-14/h2-7H,1H3,(H,24,26). The van der Waals surface area contributed by atoms with E-state index in [1.165, 1.54) is 0 Å². The number of pyridine rings is 1. The van der Waals surface area contributed by atoms with Crippen LogP contribution < -0.4 is 10.1 Å². The van der Waals surface area contributed by atoms with Gasteiger partial charge in [0, 0.05) is 18.1 Å². The lowest BCUT2D eigenvalue weighted by atomic mass is 10.2. The van der Waals surface area contributed by atoms with Crippen LogP contribution in [-0.2, 0) is 0 Å². The molecule has 2 heterocycles. The number of amides is 1. The highest BCUT2D eigenvalue weighted by Gasteiger charge is 2.21. The van der Waals surface area contributed by atoms with Gasteiger partial charge in [-0.05, 0) is 36.8 Å². The van der Waals surface area contributed by atoms with Crippen LogP contribution in [0.25, 0.3) is 0 Å². The summed E-state index contributed by atoms with van der Waals surface area (Å²) in [5.41, 5.74) is 1.13. The second-order valence-corrected chi connectivity index (χ2v) is 6.75. The van der Waals surface area contributed by atoms with Crippen LogP contribution in [-0.4, -0.2) is 20.9 Å². The first-order chi connectivity index (χ1) is 12.9. The number of carbonyl (C=O) groups excluding carboxylic acids is 1. The monoisotopic (exact) mass is 442 g/mol. The van der Waals surface area contributed by atoms with E-state index in [-0.39, 0.29) is 31.9 Å². The molecule has 1 amide bonds. The zero-order valence-corrected chi connectivity index (χ0v) is 16.7. The second-order valence-electron chi connectivity index (χ2n) is 5.26. The third-order valence-electron chi connectivity index (χ3n) is 3.40. The highest BCUT2D eigenvalue weighted by molar-refractivity contribution is 6.52. The summed E-state index contributed by atoms with van der Waals surface area (Å²) in [7, 11) is 0. The molecule has 0 saturated carbocycles. The first kappa shape index (κ1) is 19.6. The number of benzene rings is 1. The number of halogens is 4. The number of hydrogen-bond acceptors (Lipinski definition) is 5. The van der Waals surface area contributed by atoms with E-state index in [0.29, 0.717) is 11.4 Å². The number of nitrogens with zero attached hydrogens (tertiary/aromatic N) is 3. The van der Waals surface area contributed by atoms with E-state index in [9.17, 15) is 4.79 Å². The van der Waals surface area contributed by atoms with Gasteiger partial charge >= 0.3 is 6.01 Å². The lowest BCUT2D eigenvalue weighted by Crippen LogP contribution is -2.15. The van der Waals surface area contributed by atoms with Crippen LogP contribution in [0, 0.1) is 6.92 Å². The van der Waals surface area contributed by atoms with Gasteiger partial charge in [0.25, 0.3) is 5.91 Å². The maximum Gasteiger partial charge on any atom is 0.321 e. The molecule has 0 aliphatic heterocycles. The molecule has 3 rings (SSSR count). The molecule has 1 aromatic carbocycles. The zero-order valence-electron chi connectivity index (χ0n) is 13.6. The van der Waals surface area contributed by atoms with Crippen molar-refractivity contribution in [2.75, 3.05) is 5.32 Å². The lowest BCUT2D eigenvalue weighted by Gasteiger charge is -2.12. The maximum atomic E-state index is 12.5. The highest BCUT2D eigenvalue weighted by Crippen LogP contribution is 2.36. The summed E-state index contributed by atoms with van der Waals surface area (Å²) in [6.45, 7) is 1.80. The predicted molar refractivity (Wildman–Crippen MR) is 106 cm³/mol. The molecular formula is C17H10Cl4N4O2. The van der Waals surface area contributed by atoms with Crippen LogP contribution in [0.3, 0.4) is 0 Å². The molecule has 138 valence electrons. The Kier molecular flexibility index (Phi) is 6.01. The molecule has 0 bridgehead atoms. The largest absolute Gasteiger partial charge is 0.424 e. The van der Waals surface area contributed by atoms with Crippen molar-refractivity contribution in [2.24, 2.45) is 0 Å². The van der Waals surface area contributed by atoms with Crippen LogP contribution in [0.5, 0.6) is 11.8 Å². The summed E-state index contributed by atoms with van der Waals surface area (Å²) in [5.74, 6) is -0.0611. The van der Waals surface area contributed by atoms with Crippen LogP contribution in [0.1, 0.15) is 16.1 Å². The van der Waals surface area contributed by atoms with Gasteiger partial charge in [0.2, 0.25) is 0 Å². The van der Waals surface area contributed by atoms with Crippen molar-refractivity contribution in [3.8, 4) is 11.8 Å². The van der Waals surface area contributed by atoms with Gasteiger partial charge in [0.05, 0.1) is 15.1 Å². The summed E-state index contributed by atoms with van der Waals surface area (Å²) in [4.78, 5) is 24.4. The summed E-state index contributed by atoms with van der Waals surface area (Å²) < 4.78 is 5.55. The van der Waals surface area contributed by atoms with Gasteiger partial charge in [-0.25, -0.2) is 15.0 Å². The fraction of sp³-hybridized carbons (Fsp3) is 0.0588. The number of aromatic nitrogens is 3. The van der Waals surface area contributed by atoms with E-state index in [1.807, 2.05) is 0 Å². The molecule has 0 unspecified atom stereocenters. The Hall–Kier alpha value is -2.12. The Morgan fingerprint density at radius 2 is 1.74 bits per heavy atom. The summed E-state index contributed by atoms with van der Waals surface area (Å²) in [5, 5.41) is 2.46. The molecule has 0 atom stereocenters. The molecule has 0 saturated heterocycles. The average molecular weight is 444 g/mol. The van der Waals surface area contributed by atoms with Gasteiger partial charge in [-0.2, -0.15) is 0 Å². The number of aryl methyl sites for hydroxylation is 1. The molecule has 2 aromatic heterocycles. The van der Waals surface area contributed by atoms with Crippen LogP contribution in [0.2, 0.25) is 20.2 Å². The van der Waals surface area contributed by atoms with Crippen molar-refractivity contribution in [2.45, 2.75) is 6.92 Å². The summed E-state index contributed by atoms with van der Waals surface area (Å²) in [6.07, 6.45) is 3.14. The first-order valence-corrected chi connectivity index (χ1v) is 8.95. The minimum atomic E-state index is -0.580. The van der Waals surface area contributed by atoms with Crippen LogP contribution in [0.4, 0.5) is 5.69 Å². The molecule has 3 aromatic rings. The molecule has 0 fully saturated rings. The Balaban J connectivity index is 1.81. The van der Waals surface area contributed by atoms with Gasteiger partial charge in [-0.3, -0.25) is 4.79 Å². The predicted octanol–water partition coefficient (Wildman–Crippen LogP) is 5.84. The fourth-order valence-corrected chi connectivity index (χ4v) is 2.92. The van der Waals surface area contributed by atoms with Gasteiger partial charge < -0.3 is 10.1 Å². The number of nitrogens with one attached hydrogen (secondary N) is 1. The van der Waals surface area contributed by atoms with E-state index in [1.54, 1.807) is 43.6 Å². The SMILES string of the molecule is Cc1cc(Oc2ncccn2)ccc1NC(=O)c1nc(Cl)c(Cl)c(Cl)c1Cl. The molecule has 0 radical (unpaired) electrons. The number of carbonyl (C=O) groups is 1. The molecule has 0 spiro atoms. The normalized spacial score (nSPS) is 10.6. The Morgan fingerprint density at radius 1 is 1.04 bits per heavy atom. The molecular weight excluding hydrogens is 434 g/mol. The molecule has 1 N–H and O–H groups in total. The minimum Gasteiger partial charge on any atom is -0.424 e. The van der Waals surface area contributed by atoms with Crippen molar-refractivity contribution < 1.29 is 9.53 Å². The highest BCUT2D eigenvalue weighted by atomic mass is 35.5. The molecule has 6 nitrogen and oxygen atoms in total. The first-order valence-electron chi connectivity index (χ1n) is 7.43. The fourth-order valence-electron chi connectivity index (χ4n) is 2.10. The van der Waals surface area contributed by atoms with E-state index >= 15 is 0 Å². The lowest BCUT2D eigenvalue weighted by molar-refractivity contribution is 0.102. The van der Waals surface area contributed by atoms with E-state index in [0.717, 1.165) is 5.56 Å². The number of rotatable bonds is 4. The van der Waals surface area contributed by atoms with Crippen molar-refractivity contribution >= 4 is 58.0 Å². The molecule has 0 aliphatic rings. The van der Waals surface area contributed by atoms with E-state index in [2.05, 4.69) is 20.3 Å². The zero-order chi connectivity index (χ0) is 19.6. The van der Waals surface area contributed by atoms with Crippen molar-refractivity contribution in [1.29, 1.82) is 0 Å². The van der Waals surface area contributed by atoms with E-state index in [4.69, 9.17) is 51.1 Å². The van der Waals surface area contributed by atoms with Gasteiger partial charge in [-0.1, -0.05) is 46.4 Å². The molecule has 0 aliphatic carbocycles. The minimum absolute atomic E-state index is 0.0132. The Morgan fingerprint density at radius 3 is 2.41 bits per heavy atom. The smallest absolute Gasteiger partial charge is 0.321 e. The average Bonchev–Trinajstić information content (AvgIpc) is 2.66. The number of ether oxygens (including phenoxy) is 1. The van der Waals surface area contributed by atoms with Gasteiger partial charge in [0.15, 0.2) is 0 Å². The van der Waals surface area contributed by atoms with Crippen molar-refractivity contribution in [3.05, 3.63) is 68.1 Å². The topological polar surface area (TPSA) is 77.0 Å². The number of hydrogen-bond donors (Lipinski definition) is 1. The van der Waals surface area contributed by atoms with Crippen LogP contribution >= 0.6 is 46.4 Å². The van der Waals surface area contributed by atoms with Gasteiger partial charge in [-0.15, -0.1) is 0 Å². The van der Waals surface area contributed by atoms with Crippen molar-refractivity contribution in [1.82, 2.24) is 15.0 Å². The third-order valence-corrected chi connectivity index (χ3v) is 5.07. The van der Waals surface area contributed by atoms with Gasteiger partial charge in [0.1, 0.15) is 16.6 Å². The second kappa shape index (κ2) is 8.27. The van der Waals surface area contributed by atoms with Crippen LogP contribution in [0.15, 0.2) is 36.7 Å².